The third-order valence-corrected chi connectivity index (χ3v) is 9.12. The van der Waals surface area contributed by atoms with E-state index in [2.05, 4.69) is 13.8 Å². The predicted octanol–water partition coefficient (Wildman–Crippen LogP) is 7.94. The molecule has 0 spiro atoms. The number of esters is 1. The van der Waals surface area contributed by atoms with Crippen LogP contribution in [-0.4, -0.2) is 12.6 Å². The number of rotatable bonds is 8. The van der Waals surface area contributed by atoms with Crippen molar-refractivity contribution in [1.82, 2.24) is 0 Å². The highest BCUT2D eigenvalue weighted by Gasteiger charge is 2.44. The summed E-state index contributed by atoms with van der Waals surface area (Å²) >= 11 is 0. The summed E-state index contributed by atoms with van der Waals surface area (Å²) in [6.07, 6.45) is 21.1. The molecule has 168 valence electrons. The van der Waals surface area contributed by atoms with Crippen molar-refractivity contribution in [3.63, 3.8) is 0 Å². The summed E-state index contributed by atoms with van der Waals surface area (Å²) in [5.41, 5.74) is -0.158. The minimum Gasteiger partial charge on any atom is -0.466 e. The number of carbonyl (C=O) groups excluding carboxylic acids is 1. The monoisotopic (exact) mass is 404 g/mol. The lowest BCUT2D eigenvalue weighted by Crippen LogP contribution is -2.39. The van der Waals surface area contributed by atoms with E-state index in [9.17, 15) is 4.79 Å². The lowest BCUT2D eigenvalue weighted by molar-refractivity contribution is -0.159. The topological polar surface area (TPSA) is 26.3 Å². The van der Waals surface area contributed by atoms with Crippen molar-refractivity contribution in [3.05, 3.63) is 0 Å². The molecule has 0 unspecified atom stereocenters. The highest BCUT2D eigenvalue weighted by Crippen LogP contribution is 2.49. The molecule has 0 atom stereocenters. The van der Waals surface area contributed by atoms with Crippen LogP contribution in [0.4, 0.5) is 0 Å². The summed E-state index contributed by atoms with van der Waals surface area (Å²) in [6.45, 7) is 7.24. The first-order chi connectivity index (χ1) is 14.1. The van der Waals surface area contributed by atoms with E-state index in [1.807, 2.05) is 6.92 Å². The van der Waals surface area contributed by atoms with E-state index in [-0.39, 0.29) is 11.4 Å². The number of hydrogen-bond acceptors (Lipinski definition) is 2. The Labute approximate surface area is 180 Å². The van der Waals surface area contributed by atoms with Crippen LogP contribution in [0.15, 0.2) is 0 Å². The van der Waals surface area contributed by atoms with Crippen molar-refractivity contribution in [1.29, 1.82) is 0 Å². The first kappa shape index (κ1) is 23.1. The Morgan fingerprint density at radius 3 is 1.90 bits per heavy atom. The molecule has 0 aromatic carbocycles. The predicted molar refractivity (Wildman–Crippen MR) is 122 cm³/mol. The maximum absolute atomic E-state index is 13.0. The van der Waals surface area contributed by atoms with E-state index in [0.717, 1.165) is 48.9 Å². The zero-order chi connectivity index (χ0) is 20.7. The van der Waals surface area contributed by atoms with E-state index < -0.39 is 0 Å². The van der Waals surface area contributed by atoms with Crippen LogP contribution >= 0.6 is 0 Å². The number of hydrogen-bond donors (Lipinski definition) is 0. The second-order valence-corrected chi connectivity index (χ2v) is 11.1. The minimum absolute atomic E-state index is 0.135. The second kappa shape index (κ2) is 11.2. The zero-order valence-corrected chi connectivity index (χ0v) is 19.7. The normalized spacial score (nSPS) is 38.5. The summed E-state index contributed by atoms with van der Waals surface area (Å²) in [6, 6.07) is 0. The Morgan fingerprint density at radius 2 is 1.34 bits per heavy atom. The summed E-state index contributed by atoms with van der Waals surface area (Å²) in [5, 5.41) is 0. The van der Waals surface area contributed by atoms with Crippen LogP contribution in [0.3, 0.4) is 0 Å². The van der Waals surface area contributed by atoms with Crippen LogP contribution in [0.1, 0.15) is 124 Å². The van der Waals surface area contributed by atoms with E-state index in [0.29, 0.717) is 6.61 Å². The van der Waals surface area contributed by atoms with Gasteiger partial charge in [-0.05, 0) is 87.9 Å². The van der Waals surface area contributed by atoms with Crippen molar-refractivity contribution in [2.24, 2.45) is 35.0 Å². The smallest absolute Gasteiger partial charge is 0.312 e. The molecule has 29 heavy (non-hydrogen) atoms. The van der Waals surface area contributed by atoms with Crippen LogP contribution in [0.2, 0.25) is 0 Å². The molecule has 3 aliphatic rings. The van der Waals surface area contributed by atoms with Crippen LogP contribution in [0.5, 0.6) is 0 Å². The summed E-state index contributed by atoms with van der Waals surface area (Å²) < 4.78 is 5.63. The lowest BCUT2D eigenvalue weighted by atomic mass is 9.62. The summed E-state index contributed by atoms with van der Waals surface area (Å²) in [7, 11) is 0. The Morgan fingerprint density at radius 1 is 0.793 bits per heavy atom. The standard InChI is InChI=1S/C27H48O2/c1-4-6-22-9-11-23(12-10-22)15-18-27(26(28)29-5-2)19-16-25(17-20-27)24-13-7-21(3)8-14-24/h21-25H,4-20H2,1-3H3. The van der Waals surface area contributed by atoms with Crippen molar-refractivity contribution >= 4 is 5.97 Å². The number of carbonyl (C=O) groups is 1. The van der Waals surface area contributed by atoms with Crippen LogP contribution in [0, 0.1) is 35.0 Å². The number of ether oxygens (including phenoxy) is 1. The van der Waals surface area contributed by atoms with E-state index in [4.69, 9.17) is 4.74 Å². The van der Waals surface area contributed by atoms with Gasteiger partial charge in [-0.25, -0.2) is 0 Å². The van der Waals surface area contributed by atoms with Gasteiger partial charge in [0.2, 0.25) is 0 Å². The first-order valence-electron chi connectivity index (χ1n) is 13.2. The van der Waals surface area contributed by atoms with Gasteiger partial charge in [-0.2, -0.15) is 0 Å². The maximum atomic E-state index is 13.0. The average molecular weight is 405 g/mol. The van der Waals surface area contributed by atoms with Crippen LogP contribution < -0.4 is 0 Å². The van der Waals surface area contributed by atoms with Gasteiger partial charge >= 0.3 is 5.97 Å². The van der Waals surface area contributed by atoms with Crippen LogP contribution in [0.25, 0.3) is 0 Å². The summed E-state index contributed by atoms with van der Waals surface area (Å²) in [5.74, 6) is 4.70. The average Bonchev–Trinajstić information content (AvgIpc) is 2.75. The second-order valence-electron chi connectivity index (χ2n) is 11.1. The minimum atomic E-state index is -0.158. The first-order valence-corrected chi connectivity index (χ1v) is 13.2. The molecule has 2 nitrogen and oxygen atoms in total. The maximum Gasteiger partial charge on any atom is 0.312 e. The molecule has 0 aromatic heterocycles. The molecular formula is C27H48O2. The quantitative estimate of drug-likeness (QED) is 0.384. The Hall–Kier alpha value is -0.530. The molecular weight excluding hydrogens is 356 g/mol. The molecule has 0 amide bonds. The van der Waals surface area contributed by atoms with Gasteiger partial charge in [-0.15, -0.1) is 0 Å². The molecule has 3 fully saturated rings. The van der Waals surface area contributed by atoms with Gasteiger partial charge in [-0.3, -0.25) is 4.79 Å². The molecule has 2 heteroatoms. The van der Waals surface area contributed by atoms with Crippen molar-refractivity contribution in [2.45, 2.75) is 124 Å². The van der Waals surface area contributed by atoms with Gasteiger partial charge in [0, 0.05) is 0 Å². The van der Waals surface area contributed by atoms with Gasteiger partial charge in [-0.1, -0.05) is 65.2 Å². The van der Waals surface area contributed by atoms with E-state index in [1.54, 1.807) is 0 Å². The SMILES string of the molecule is CCCC1CCC(CCC2(C(=O)OCC)CCC(C3CCC(C)CC3)CC2)CC1. The molecule has 3 aliphatic carbocycles. The lowest BCUT2D eigenvalue weighted by Gasteiger charge is -2.43. The molecule has 0 aliphatic heterocycles. The molecule has 0 radical (unpaired) electrons. The van der Waals surface area contributed by atoms with Gasteiger partial charge in [0.1, 0.15) is 0 Å². The third-order valence-electron chi connectivity index (χ3n) is 9.12. The molecule has 0 saturated heterocycles. The van der Waals surface area contributed by atoms with Crippen molar-refractivity contribution in [2.75, 3.05) is 6.61 Å². The van der Waals surface area contributed by atoms with Crippen molar-refractivity contribution in [3.8, 4) is 0 Å². The largest absolute Gasteiger partial charge is 0.466 e. The Bertz CT molecular complexity index is 475. The molecule has 0 heterocycles. The fourth-order valence-electron chi connectivity index (χ4n) is 6.96. The zero-order valence-electron chi connectivity index (χ0n) is 19.7. The summed E-state index contributed by atoms with van der Waals surface area (Å²) in [4.78, 5) is 13.0. The highest BCUT2D eigenvalue weighted by atomic mass is 16.5. The van der Waals surface area contributed by atoms with Gasteiger partial charge < -0.3 is 4.74 Å². The van der Waals surface area contributed by atoms with Gasteiger partial charge in [0.05, 0.1) is 12.0 Å². The van der Waals surface area contributed by atoms with Crippen LogP contribution in [-0.2, 0) is 9.53 Å². The van der Waals surface area contributed by atoms with E-state index >= 15 is 0 Å². The Balaban J connectivity index is 1.52. The molecule has 0 N–H and O–H groups in total. The molecule has 0 bridgehead atoms. The van der Waals surface area contributed by atoms with E-state index in [1.165, 1.54) is 83.5 Å². The van der Waals surface area contributed by atoms with Crippen molar-refractivity contribution < 1.29 is 9.53 Å². The third kappa shape index (κ3) is 6.23. The van der Waals surface area contributed by atoms with Gasteiger partial charge in [0.25, 0.3) is 0 Å². The van der Waals surface area contributed by atoms with Gasteiger partial charge in [0.15, 0.2) is 0 Å². The molecule has 0 aromatic rings. The Kier molecular flexibility index (Phi) is 8.93. The fourth-order valence-corrected chi connectivity index (χ4v) is 6.96. The highest BCUT2D eigenvalue weighted by molar-refractivity contribution is 5.77. The molecule has 3 saturated carbocycles. The molecule has 3 rings (SSSR count). The fraction of sp³-hybridized carbons (Fsp3) is 0.963.